The molecule has 1 saturated heterocycles. The van der Waals surface area contributed by atoms with E-state index in [1.54, 1.807) is 11.3 Å². The van der Waals surface area contributed by atoms with Crippen molar-refractivity contribution in [3.05, 3.63) is 22.7 Å². The summed E-state index contributed by atoms with van der Waals surface area (Å²) in [5.41, 5.74) is 0.973. The Balaban J connectivity index is 1.30. The third-order valence-corrected chi connectivity index (χ3v) is 6.13. The Morgan fingerprint density at radius 2 is 2.17 bits per heavy atom. The van der Waals surface area contributed by atoms with Gasteiger partial charge in [0.05, 0.1) is 0 Å². The highest BCUT2D eigenvalue weighted by atomic mass is 32.1. The van der Waals surface area contributed by atoms with Gasteiger partial charge in [-0.3, -0.25) is 4.79 Å². The second-order valence-electron chi connectivity index (χ2n) is 6.96. The molecule has 1 amide bonds. The quantitative estimate of drug-likeness (QED) is 0.846. The Morgan fingerprint density at radius 1 is 1.29 bits per heavy atom. The van der Waals surface area contributed by atoms with E-state index in [9.17, 15) is 4.79 Å². The Labute approximate surface area is 146 Å². The molecule has 2 atom stereocenters. The highest BCUT2D eigenvalue weighted by molar-refractivity contribution is 7.08. The number of aryl methyl sites for hydroxylation is 1. The lowest BCUT2D eigenvalue weighted by Gasteiger charge is -2.41. The van der Waals surface area contributed by atoms with Gasteiger partial charge in [0.15, 0.2) is 0 Å². The maximum Gasteiger partial charge on any atom is 0.227 e. The fourth-order valence-electron chi connectivity index (χ4n) is 4.06. The van der Waals surface area contributed by atoms with Crippen LogP contribution in [-0.2, 0) is 11.2 Å². The highest BCUT2D eigenvalue weighted by Crippen LogP contribution is 2.36. The number of amides is 1. The molecule has 0 bridgehead atoms. The van der Waals surface area contributed by atoms with E-state index in [0.29, 0.717) is 24.6 Å². The number of hydrogen-bond donors (Lipinski definition) is 0. The van der Waals surface area contributed by atoms with Gasteiger partial charge in [-0.05, 0) is 36.1 Å². The molecule has 0 unspecified atom stereocenters. The molecular weight excluding hydrogens is 322 g/mol. The number of fused-ring (bicyclic) bond motifs is 1. The number of rotatable bonds is 4. The van der Waals surface area contributed by atoms with E-state index in [4.69, 9.17) is 4.52 Å². The molecule has 2 aliphatic rings. The largest absolute Gasteiger partial charge is 0.342 e. The monoisotopic (exact) mass is 345 g/mol. The van der Waals surface area contributed by atoms with Crippen LogP contribution in [-0.4, -0.2) is 34.0 Å². The van der Waals surface area contributed by atoms with Gasteiger partial charge >= 0.3 is 0 Å². The topological polar surface area (TPSA) is 59.2 Å². The van der Waals surface area contributed by atoms with Crippen molar-refractivity contribution >= 4 is 17.2 Å². The minimum Gasteiger partial charge on any atom is -0.342 e. The summed E-state index contributed by atoms with van der Waals surface area (Å²) in [4.78, 5) is 19.0. The van der Waals surface area contributed by atoms with Crippen LogP contribution in [0, 0.1) is 11.8 Å². The van der Waals surface area contributed by atoms with E-state index in [0.717, 1.165) is 30.5 Å². The van der Waals surface area contributed by atoms with Crippen LogP contribution >= 0.6 is 11.3 Å². The zero-order valence-corrected chi connectivity index (χ0v) is 14.6. The van der Waals surface area contributed by atoms with Crippen molar-refractivity contribution in [2.75, 3.05) is 13.1 Å². The average molecular weight is 345 g/mol. The lowest BCUT2D eigenvalue weighted by Crippen LogP contribution is -2.44. The SMILES string of the molecule is O=C(CCc1nc(-c2ccsc2)no1)N1CC[C@H]2CCCC[C@H]2C1. The molecule has 5 nitrogen and oxygen atoms in total. The second-order valence-corrected chi connectivity index (χ2v) is 7.74. The van der Waals surface area contributed by atoms with Crippen molar-refractivity contribution in [3.63, 3.8) is 0 Å². The van der Waals surface area contributed by atoms with Gasteiger partial charge in [0.25, 0.3) is 0 Å². The maximum atomic E-state index is 12.5. The van der Waals surface area contributed by atoms with E-state index >= 15 is 0 Å². The van der Waals surface area contributed by atoms with Gasteiger partial charge in [-0.1, -0.05) is 24.4 Å². The van der Waals surface area contributed by atoms with Crippen molar-refractivity contribution < 1.29 is 9.32 Å². The first-order chi connectivity index (χ1) is 11.8. The first-order valence-electron chi connectivity index (χ1n) is 8.92. The summed E-state index contributed by atoms with van der Waals surface area (Å²) in [6.45, 7) is 1.87. The molecule has 2 aromatic heterocycles. The number of piperidine rings is 1. The first-order valence-corrected chi connectivity index (χ1v) is 9.87. The van der Waals surface area contributed by atoms with Gasteiger partial charge in [0.1, 0.15) is 0 Å². The standard InChI is InChI=1S/C18H23N3O2S/c22-17(21-9-7-13-3-1-2-4-14(13)11-21)6-5-16-19-18(20-23-16)15-8-10-24-12-15/h8,10,12-14H,1-7,9,11H2/t13-,14+/m1/s1. The van der Waals surface area contributed by atoms with Gasteiger partial charge in [0.2, 0.25) is 17.6 Å². The smallest absolute Gasteiger partial charge is 0.227 e. The van der Waals surface area contributed by atoms with Crippen LogP contribution in [0.15, 0.2) is 21.3 Å². The maximum absolute atomic E-state index is 12.5. The van der Waals surface area contributed by atoms with Crippen LogP contribution in [0.25, 0.3) is 11.4 Å². The number of hydrogen-bond acceptors (Lipinski definition) is 5. The number of carbonyl (C=O) groups is 1. The number of likely N-dealkylation sites (tertiary alicyclic amines) is 1. The van der Waals surface area contributed by atoms with Gasteiger partial charge in [-0.15, -0.1) is 0 Å². The fraction of sp³-hybridized carbons (Fsp3) is 0.611. The van der Waals surface area contributed by atoms with Crippen LogP contribution in [0.5, 0.6) is 0 Å². The molecule has 2 fully saturated rings. The van der Waals surface area contributed by atoms with Gasteiger partial charge < -0.3 is 9.42 Å². The lowest BCUT2D eigenvalue weighted by molar-refractivity contribution is -0.134. The van der Waals surface area contributed by atoms with Crippen molar-refractivity contribution in [1.82, 2.24) is 15.0 Å². The predicted molar refractivity (Wildman–Crippen MR) is 92.6 cm³/mol. The lowest BCUT2D eigenvalue weighted by atomic mass is 9.75. The molecule has 2 aromatic rings. The van der Waals surface area contributed by atoms with E-state index in [1.165, 1.54) is 32.1 Å². The first kappa shape index (κ1) is 15.8. The molecule has 0 aromatic carbocycles. The number of aromatic nitrogens is 2. The van der Waals surface area contributed by atoms with E-state index in [1.807, 2.05) is 16.8 Å². The Bertz CT molecular complexity index is 682. The molecule has 6 heteroatoms. The highest BCUT2D eigenvalue weighted by Gasteiger charge is 2.32. The van der Waals surface area contributed by atoms with Crippen molar-refractivity contribution in [1.29, 1.82) is 0 Å². The molecule has 1 aliphatic heterocycles. The van der Waals surface area contributed by atoms with Crippen molar-refractivity contribution in [2.24, 2.45) is 11.8 Å². The van der Waals surface area contributed by atoms with E-state index < -0.39 is 0 Å². The molecule has 4 rings (SSSR count). The number of carbonyl (C=O) groups excluding carboxylic acids is 1. The molecule has 0 radical (unpaired) electrons. The van der Waals surface area contributed by atoms with E-state index in [-0.39, 0.29) is 5.91 Å². The summed E-state index contributed by atoms with van der Waals surface area (Å²) in [6.07, 6.45) is 7.53. The molecular formula is C18H23N3O2S. The summed E-state index contributed by atoms with van der Waals surface area (Å²) >= 11 is 1.61. The second kappa shape index (κ2) is 7.05. The van der Waals surface area contributed by atoms with Crippen LogP contribution in [0.1, 0.15) is 44.4 Å². The Morgan fingerprint density at radius 3 is 3.00 bits per heavy atom. The summed E-state index contributed by atoms with van der Waals surface area (Å²) in [5.74, 6) is 2.98. The van der Waals surface area contributed by atoms with E-state index in [2.05, 4.69) is 15.0 Å². The summed E-state index contributed by atoms with van der Waals surface area (Å²) < 4.78 is 5.28. The third kappa shape index (κ3) is 3.38. The van der Waals surface area contributed by atoms with Gasteiger partial charge in [-0.2, -0.15) is 16.3 Å². The molecule has 0 spiro atoms. The molecule has 128 valence electrons. The normalized spacial score (nSPS) is 23.9. The minimum atomic E-state index is 0.231. The fourth-order valence-corrected chi connectivity index (χ4v) is 4.70. The Hall–Kier alpha value is -1.69. The van der Waals surface area contributed by atoms with Crippen molar-refractivity contribution in [3.8, 4) is 11.4 Å². The van der Waals surface area contributed by atoms with Gasteiger partial charge in [0, 0.05) is 36.9 Å². The summed E-state index contributed by atoms with van der Waals surface area (Å²) in [7, 11) is 0. The third-order valence-electron chi connectivity index (χ3n) is 5.44. The number of nitrogens with zero attached hydrogens (tertiary/aromatic N) is 3. The van der Waals surface area contributed by atoms with Crippen LogP contribution < -0.4 is 0 Å². The molecule has 3 heterocycles. The summed E-state index contributed by atoms with van der Waals surface area (Å²) in [6, 6.07) is 1.97. The Kier molecular flexibility index (Phi) is 4.65. The molecule has 24 heavy (non-hydrogen) atoms. The zero-order chi connectivity index (χ0) is 16.4. The van der Waals surface area contributed by atoms with Gasteiger partial charge in [-0.25, -0.2) is 0 Å². The zero-order valence-electron chi connectivity index (χ0n) is 13.8. The van der Waals surface area contributed by atoms with Crippen molar-refractivity contribution in [2.45, 2.75) is 44.9 Å². The minimum absolute atomic E-state index is 0.231. The van der Waals surface area contributed by atoms with Crippen LogP contribution in [0.2, 0.25) is 0 Å². The number of thiophene rings is 1. The predicted octanol–water partition coefficient (Wildman–Crippen LogP) is 3.77. The molecule has 1 saturated carbocycles. The summed E-state index contributed by atoms with van der Waals surface area (Å²) in [5, 5.41) is 7.98. The van der Waals surface area contributed by atoms with Crippen LogP contribution in [0.4, 0.5) is 0 Å². The van der Waals surface area contributed by atoms with Crippen LogP contribution in [0.3, 0.4) is 0 Å². The average Bonchev–Trinajstić information content (AvgIpc) is 3.30. The molecule has 0 N–H and O–H groups in total. The molecule has 1 aliphatic carbocycles.